The molecule has 2 fully saturated rings. The number of hydrogen-bond donors (Lipinski definition) is 1. The van der Waals surface area contributed by atoms with Crippen molar-refractivity contribution >= 4 is 33.3 Å². The summed E-state index contributed by atoms with van der Waals surface area (Å²) in [5, 5.41) is 3.49. The van der Waals surface area contributed by atoms with E-state index in [1.54, 1.807) is 10.4 Å². The maximum absolute atomic E-state index is 13.2. The molecule has 0 unspecified atom stereocenters. The monoisotopic (exact) mass is 439 g/mol. The van der Waals surface area contributed by atoms with E-state index in [0.717, 1.165) is 43.5 Å². The van der Waals surface area contributed by atoms with Crippen LogP contribution in [-0.4, -0.2) is 68.5 Å². The van der Waals surface area contributed by atoms with Gasteiger partial charge in [0.25, 0.3) is 0 Å². The van der Waals surface area contributed by atoms with Crippen LogP contribution < -0.4 is 5.32 Å². The van der Waals surface area contributed by atoms with E-state index in [2.05, 4.69) is 15.0 Å². The first-order valence-corrected chi connectivity index (χ1v) is 11.7. The summed E-state index contributed by atoms with van der Waals surface area (Å²) in [6.07, 6.45) is 2.60. The first-order valence-electron chi connectivity index (χ1n) is 9.84. The summed E-state index contributed by atoms with van der Waals surface area (Å²) in [6.45, 7) is 6.45. The third kappa shape index (κ3) is 4.73. The maximum Gasteiger partial charge on any atom is 0.325 e. The zero-order valence-electron chi connectivity index (χ0n) is 17.2. The van der Waals surface area contributed by atoms with Gasteiger partial charge in [0, 0.05) is 26.2 Å². The Balaban J connectivity index is 1.61. The van der Waals surface area contributed by atoms with Gasteiger partial charge in [-0.2, -0.15) is 4.31 Å². The highest BCUT2D eigenvalue weighted by Gasteiger charge is 2.43. The van der Waals surface area contributed by atoms with E-state index in [1.165, 1.54) is 7.11 Å². The molecule has 2 aliphatic heterocycles. The Bertz CT molecular complexity index is 893. The third-order valence-corrected chi connectivity index (χ3v) is 8.52. The number of esters is 1. The van der Waals surface area contributed by atoms with Gasteiger partial charge < -0.3 is 15.0 Å². The number of likely N-dealkylation sites (tertiary alicyclic amines) is 1. The topological polar surface area (TPSA) is 79.0 Å². The van der Waals surface area contributed by atoms with E-state index in [4.69, 9.17) is 12.2 Å². The quantitative estimate of drug-likeness (QED) is 0.566. The van der Waals surface area contributed by atoms with Crippen molar-refractivity contribution in [3.8, 4) is 0 Å². The van der Waals surface area contributed by atoms with Crippen LogP contribution in [0.25, 0.3) is 0 Å². The highest BCUT2D eigenvalue weighted by atomic mass is 32.2. The lowest BCUT2D eigenvalue weighted by atomic mass is 9.78. The summed E-state index contributed by atoms with van der Waals surface area (Å²) < 4.78 is 32.6. The van der Waals surface area contributed by atoms with Gasteiger partial charge in [-0.15, -0.1) is 0 Å². The Labute approximate surface area is 178 Å². The van der Waals surface area contributed by atoms with Gasteiger partial charge in [0.15, 0.2) is 5.11 Å². The largest absolute Gasteiger partial charge is 0.468 e. The average Bonchev–Trinajstić information content (AvgIpc) is 3.11. The Hall–Kier alpha value is -1.71. The minimum Gasteiger partial charge on any atom is -0.468 e. The van der Waals surface area contributed by atoms with Crippen molar-refractivity contribution in [3.05, 3.63) is 29.3 Å². The lowest BCUT2D eigenvalue weighted by molar-refractivity contribution is -0.139. The van der Waals surface area contributed by atoms with Crippen molar-refractivity contribution in [2.24, 2.45) is 5.41 Å². The number of methoxy groups -OCH3 is 1. The molecule has 0 saturated carbocycles. The molecule has 3 rings (SSSR count). The van der Waals surface area contributed by atoms with Gasteiger partial charge in [-0.05, 0) is 67.9 Å². The highest BCUT2D eigenvalue weighted by Crippen LogP contribution is 2.41. The average molecular weight is 440 g/mol. The van der Waals surface area contributed by atoms with Gasteiger partial charge in [0.05, 0.1) is 12.0 Å². The van der Waals surface area contributed by atoms with E-state index in [-0.39, 0.29) is 17.9 Å². The second kappa shape index (κ2) is 8.57. The molecular weight excluding hydrogens is 410 g/mol. The molecule has 0 aromatic heterocycles. The third-order valence-electron chi connectivity index (χ3n) is 6.08. The van der Waals surface area contributed by atoms with E-state index >= 15 is 0 Å². The molecule has 0 radical (unpaired) electrons. The van der Waals surface area contributed by atoms with Crippen LogP contribution in [0.5, 0.6) is 0 Å². The van der Waals surface area contributed by atoms with Crippen molar-refractivity contribution in [1.29, 1.82) is 0 Å². The van der Waals surface area contributed by atoms with Crippen LogP contribution in [0.3, 0.4) is 0 Å². The summed E-state index contributed by atoms with van der Waals surface area (Å²) in [5.74, 6) is -0.355. The van der Waals surface area contributed by atoms with Crippen molar-refractivity contribution in [2.45, 2.75) is 38.0 Å². The molecule has 160 valence electrons. The summed E-state index contributed by atoms with van der Waals surface area (Å²) >= 11 is 5.41. The number of rotatable bonds is 4. The molecule has 1 aromatic rings. The van der Waals surface area contributed by atoms with Gasteiger partial charge in [-0.3, -0.25) is 4.79 Å². The lowest BCUT2D eigenvalue weighted by Gasteiger charge is -2.39. The second-order valence-corrected chi connectivity index (χ2v) is 10.4. The number of thiocarbonyl (C=S) groups is 1. The number of carbonyl (C=O) groups is 1. The predicted octanol–water partition coefficient (Wildman–Crippen LogP) is 1.83. The number of hydrogen-bond acceptors (Lipinski definition) is 5. The molecule has 0 aliphatic carbocycles. The van der Waals surface area contributed by atoms with E-state index in [0.29, 0.717) is 23.1 Å². The normalized spacial score (nSPS) is 19.3. The molecular formula is C20H29N3O4S2. The van der Waals surface area contributed by atoms with Crippen molar-refractivity contribution in [2.75, 3.05) is 39.8 Å². The van der Waals surface area contributed by atoms with Crippen LogP contribution in [0.15, 0.2) is 23.1 Å². The molecule has 29 heavy (non-hydrogen) atoms. The van der Waals surface area contributed by atoms with Crippen molar-refractivity contribution in [1.82, 2.24) is 14.5 Å². The number of aryl methyl sites for hydroxylation is 2. The predicted molar refractivity (Wildman–Crippen MR) is 115 cm³/mol. The van der Waals surface area contributed by atoms with Crippen LogP contribution >= 0.6 is 12.2 Å². The molecule has 2 heterocycles. The fourth-order valence-electron chi connectivity index (χ4n) is 4.17. The summed E-state index contributed by atoms with van der Waals surface area (Å²) in [6, 6.07) is 5.56. The lowest BCUT2D eigenvalue weighted by Crippen LogP contribution is -2.46. The Kier molecular flexibility index (Phi) is 6.50. The first kappa shape index (κ1) is 22.0. The number of nitrogens with one attached hydrogen (secondary N) is 1. The van der Waals surface area contributed by atoms with Crippen LogP contribution in [0.4, 0.5) is 0 Å². The minimum absolute atomic E-state index is 0.0562. The molecule has 7 nitrogen and oxygen atoms in total. The molecule has 1 aromatic carbocycles. The number of sulfonamides is 1. The Morgan fingerprint density at radius 3 is 2.52 bits per heavy atom. The summed E-state index contributed by atoms with van der Waals surface area (Å²) in [5.41, 5.74) is 1.80. The molecule has 0 bridgehead atoms. The zero-order valence-corrected chi connectivity index (χ0v) is 18.9. The fourth-order valence-corrected chi connectivity index (χ4v) is 6.15. The molecule has 0 atom stereocenters. The van der Waals surface area contributed by atoms with Crippen LogP contribution in [0.1, 0.15) is 30.4 Å². The molecule has 1 N–H and O–H groups in total. The zero-order chi connectivity index (χ0) is 21.2. The number of carbonyl (C=O) groups excluding carboxylic acids is 1. The highest BCUT2D eigenvalue weighted by molar-refractivity contribution is 7.89. The van der Waals surface area contributed by atoms with E-state index in [1.807, 2.05) is 26.0 Å². The first-order chi connectivity index (χ1) is 13.7. The van der Waals surface area contributed by atoms with E-state index < -0.39 is 10.0 Å². The van der Waals surface area contributed by atoms with E-state index in [9.17, 15) is 13.2 Å². The van der Waals surface area contributed by atoms with Gasteiger partial charge in [0.2, 0.25) is 10.0 Å². The van der Waals surface area contributed by atoms with Crippen molar-refractivity contribution in [3.63, 3.8) is 0 Å². The number of piperidine rings is 1. The summed E-state index contributed by atoms with van der Waals surface area (Å²) in [4.78, 5) is 13.8. The van der Waals surface area contributed by atoms with Crippen molar-refractivity contribution < 1.29 is 17.9 Å². The Morgan fingerprint density at radius 2 is 1.86 bits per heavy atom. The van der Waals surface area contributed by atoms with Gasteiger partial charge in [-0.1, -0.05) is 12.1 Å². The molecule has 0 amide bonds. The van der Waals surface area contributed by atoms with Gasteiger partial charge in [-0.25, -0.2) is 8.42 Å². The summed E-state index contributed by atoms with van der Waals surface area (Å²) in [7, 11) is -2.14. The smallest absolute Gasteiger partial charge is 0.325 e. The SMILES string of the molecule is COC(=O)CNC(=S)N1CCC2(CCN(S(=O)(=O)c3cc(C)ccc3C)CC2)C1. The fraction of sp³-hybridized carbons (Fsp3) is 0.600. The molecule has 2 saturated heterocycles. The maximum atomic E-state index is 13.2. The standard InChI is InChI=1S/C20H29N3O4S2/c1-15-4-5-16(2)17(12-15)29(25,26)23-10-7-20(8-11-23)6-9-22(14-20)19(28)21-13-18(24)27-3/h4-5,12H,6-11,13-14H2,1-3H3,(H,21,28). The second-order valence-electron chi connectivity index (χ2n) is 8.08. The number of nitrogens with zero attached hydrogens (tertiary/aromatic N) is 2. The Morgan fingerprint density at radius 1 is 1.21 bits per heavy atom. The molecule has 1 spiro atoms. The molecule has 2 aliphatic rings. The van der Waals surface area contributed by atoms with Crippen LogP contribution in [0, 0.1) is 19.3 Å². The number of benzene rings is 1. The van der Waals surface area contributed by atoms with Crippen LogP contribution in [-0.2, 0) is 19.6 Å². The van der Waals surface area contributed by atoms with Gasteiger partial charge in [0.1, 0.15) is 6.54 Å². The van der Waals surface area contributed by atoms with Crippen LogP contribution in [0.2, 0.25) is 0 Å². The number of ether oxygens (including phenoxy) is 1. The molecule has 9 heteroatoms. The van der Waals surface area contributed by atoms with Gasteiger partial charge >= 0.3 is 5.97 Å². The minimum atomic E-state index is -3.48.